The molecule has 0 saturated heterocycles. The number of nitrogens with one attached hydrogen (secondary N) is 1. The van der Waals surface area contributed by atoms with Gasteiger partial charge in [-0.1, -0.05) is 0 Å². The van der Waals surface area contributed by atoms with Crippen molar-refractivity contribution >= 4 is 27.9 Å². The van der Waals surface area contributed by atoms with Crippen LogP contribution in [0.3, 0.4) is 0 Å². The molecule has 8 nitrogen and oxygen atoms in total. The largest absolute Gasteiger partial charge is 0.497 e. The standard InChI is InChI=1S/C23H23N3O5S/c1-28-16-6-8-19(29-2)17(11-16)18-12-26-15(13-32-23(26)25-18)10-22(27)24-14-5-7-20(30-3)21(9-14)31-4/h5-9,11-13H,10H2,1-4H3,(H,24,27). The molecule has 0 fully saturated rings. The zero-order valence-corrected chi connectivity index (χ0v) is 19.0. The van der Waals surface area contributed by atoms with Gasteiger partial charge < -0.3 is 24.3 Å². The van der Waals surface area contributed by atoms with E-state index < -0.39 is 0 Å². The normalized spacial score (nSPS) is 10.8. The Kier molecular flexibility index (Phi) is 6.18. The molecule has 0 saturated carbocycles. The first kappa shape index (κ1) is 21.5. The van der Waals surface area contributed by atoms with E-state index in [-0.39, 0.29) is 12.3 Å². The fraction of sp³-hybridized carbons (Fsp3) is 0.217. The average molecular weight is 454 g/mol. The van der Waals surface area contributed by atoms with E-state index in [4.69, 9.17) is 23.9 Å². The summed E-state index contributed by atoms with van der Waals surface area (Å²) in [5, 5.41) is 4.84. The minimum absolute atomic E-state index is 0.147. The van der Waals surface area contributed by atoms with Gasteiger partial charge in [-0.15, -0.1) is 11.3 Å². The molecular weight excluding hydrogens is 430 g/mol. The van der Waals surface area contributed by atoms with Crippen LogP contribution in [0.2, 0.25) is 0 Å². The Balaban J connectivity index is 1.56. The molecule has 1 N–H and O–H groups in total. The third-order valence-electron chi connectivity index (χ3n) is 4.97. The van der Waals surface area contributed by atoms with Crippen LogP contribution in [0.5, 0.6) is 23.0 Å². The van der Waals surface area contributed by atoms with Gasteiger partial charge >= 0.3 is 0 Å². The number of amides is 1. The van der Waals surface area contributed by atoms with Crippen LogP contribution in [0.4, 0.5) is 5.69 Å². The van der Waals surface area contributed by atoms with E-state index in [9.17, 15) is 4.79 Å². The van der Waals surface area contributed by atoms with E-state index in [1.54, 1.807) is 46.6 Å². The maximum absolute atomic E-state index is 12.7. The molecule has 2 aromatic heterocycles. The van der Waals surface area contributed by atoms with Crippen molar-refractivity contribution in [3.63, 3.8) is 0 Å². The van der Waals surface area contributed by atoms with Gasteiger partial charge in [-0.2, -0.15) is 0 Å². The molecule has 0 atom stereocenters. The van der Waals surface area contributed by atoms with Crippen LogP contribution in [0.1, 0.15) is 5.69 Å². The monoisotopic (exact) mass is 453 g/mol. The first-order valence-electron chi connectivity index (χ1n) is 9.76. The summed E-state index contributed by atoms with van der Waals surface area (Å²) < 4.78 is 23.3. The van der Waals surface area contributed by atoms with Gasteiger partial charge in [0.15, 0.2) is 16.5 Å². The summed E-state index contributed by atoms with van der Waals surface area (Å²) in [5.41, 5.74) is 3.03. The first-order valence-corrected chi connectivity index (χ1v) is 10.6. The topological polar surface area (TPSA) is 83.3 Å². The summed E-state index contributed by atoms with van der Waals surface area (Å²) in [6, 6.07) is 10.8. The molecule has 0 aliphatic heterocycles. The number of thiazole rings is 1. The molecule has 32 heavy (non-hydrogen) atoms. The van der Waals surface area contributed by atoms with Gasteiger partial charge in [0.2, 0.25) is 5.91 Å². The number of nitrogens with zero attached hydrogens (tertiary/aromatic N) is 2. The van der Waals surface area contributed by atoms with E-state index in [0.717, 1.165) is 21.9 Å². The third kappa shape index (κ3) is 4.19. The number of benzene rings is 2. The second-order valence-electron chi connectivity index (χ2n) is 6.87. The highest BCUT2D eigenvalue weighted by Crippen LogP contribution is 2.34. The summed E-state index contributed by atoms with van der Waals surface area (Å²) in [5.74, 6) is 2.42. The fourth-order valence-corrected chi connectivity index (χ4v) is 4.26. The Labute approximate surface area is 189 Å². The summed E-state index contributed by atoms with van der Waals surface area (Å²) in [6.45, 7) is 0. The van der Waals surface area contributed by atoms with Crippen LogP contribution >= 0.6 is 11.3 Å². The molecule has 0 aliphatic rings. The lowest BCUT2D eigenvalue weighted by Gasteiger charge is -2.10. The zero-order chi connectivity index (χ0) is 22.7. The van der Waals surface area contributed by atoms with Gasteiger partial charge in [-0.3, -0.25) is 9.20 Å². The van der Waals surface area contributed by atoms with Gasteiger partial charge in [0.25, 0.3) is 0 Å². The predicted molar refractivity (Wildman–Crippen MR) is 123 cm³/mol. The van der Waals surface area contributed by atoms with Crippen LogP contribution in [0, 0.1) is 0 Å². The molecule has 166 valence electrons. The maximum atomic E-state index is 12.7. The smallest absolute Gasteiger partial charge is 0.230 e. The fourth-order valence-electron chi connectivity index (χ4n) is 3.38. The average Bonchev–Trinajstić information content (AvgIpc) is 3.40. The predicted octanol–water partition coefficient (Wildman–Crippen LogP) is 4.28. The van der Waals surface area contributed by atoms with Crippen molar-refractivity contribution in [3.05, 3.63) is 53.7 Å². The van der Waals surface area contributed by atoms with Crippen molar-refractivity contribution in [2.75, 3.05) is 33.8 Å². The Morgan fingerprint density at radius 3 is 2.44 bits per heavy atom. The molecule has 2 aromatic carbocycles. The molecule has 0 bridgehead atoms. The number of carbonyl (C=O) groups excluding carboxylic acids is 1. The Morgan fingerprint density at radius 1 is 0.969 bits per heavy atom. The minimum Gasteiger partial charge on any atom is -0.497 e. The van der Waals surface area contributed by atoms with E-state index in [1.165, 1.54) is 11.3 Å². The lowest BCUT2D eigenvalue weighted by atomic mass is 10.1. The van der Waals surface area contributed by atoms with Gasteiger partial charge in [0.1, 0.15) is 11.5 Å². The number of imidazole rings is 1. The molecule has 0 radical (unpaired) electrons. The lowest BCUT2D eigenvalue weighted by molar-refractivity contribution is -0.115. The molecule has 1 amide bonds. The number of anilines is 1. The molecule has 2 heterocycles. The summed E-state index contributed by atoms with van der Waals surface area (Å²) in [6.07, 6.45) is 2.10. The van der Waals surface area contributed by atoms with E-state index >= 15 is 0 Å². The van der Waals surface area contributed by atoms with Crippen LogP contribution in [0.25, 0.3) is 16.2 Å². The van der Waals surface area contributed by atoms with E-state index in [1.807, 2.05) is 34.2 Å². The van der Waals surface area contributed by atoms with Gasteiger partial charge in [-0.25, -0.2) is 4.98 Å². The van der Waals surface area contributed by atoms with Crippen molar-refractivity contribution in [2.45, 2.75) is 6.42 Å². The second-order valence-corrected chi connectivity index (χ2v) is 7.70. The SMILES string of the molecule is COc1ccc(OC)c(-c2cn3c(CC(=O)Nc4ccc(OC)c(OC)c4)csc3n2)c1. The zero-order valence-electron chi connectivity index (χ0n) is 18.2. The van der Waals surface area contributed by atoms with Crippen molar-refractivity contribution in [1.82, 2.24) is 9.38 Å². The molecule has 9 heteroatoms. The molecule has 4 rings (SSSR count). The van der Waals surface area contributed by atoms with E-state index in [2.05, 4.69) is 5.32 Å². The number of rotatable bonds is 8. The lowest BCUT2D eigenvalue weighted by Crippen LogP contribution is -2.15. The number of carbonyl (C=O) groups is 1. The third-order valence-corrected chi connectivity index (χ3v) is 5.86. The number of aromatic nitrogens is 2. The van der Waals surface area contributed by atoms with Crippen molar-refractivity contribution in [1.29, 1.82) is 0 Å². The van der Waals surface area contributed by atoms with Gasteiger partial charge in [0, 0.05) is 34.6 Å². The number of hydrogen-bond acceptors (Lipinski definition) is 7. The Hall–Kier alpha value is -3.72. The first-order chi connectivity index (χ1) is 15.6. The minimum atomic E-state index is -0.147. The summed E-state index contributed by atoms with van der Waals surface area (Å²) >= 11 is 1.48. The Bertz CT molecular complexity index is 1260. The number of hydrogen-bond donors (Lipinski definition) is 1. The highest BCUT2D eigenvalue weighted by atomic mass is 32.1. The van der Waals surface area contributed by atoms with E-state index in [0.29, 0.717) is 28.7 Å². The number of ether oxygens (including phenoxy) is 4. The van der Waals surface area contributed by atoms with Gasteiger partial charge in [0.05, 0.1) is 40.6 Å². The van der Waals surface area contributed by atoms with Crippen molar-refractivity contribution < 1.29 is 23.7 Å². The quantitative estimate of drug-likeness (QED) is 0.429. The maximum Gasteiger partial charge on any atom is 0.230 e. The molecule has 4 aromatic rings. The summed E-state index contributed by atoms with van der Waals surface area (Å²) in [7, 11) is 6.36. The number of methoxy groups -OCH3 is 4. The van der Waals surface area contributed by atoms with Gasteiger partial charge in [-0.05, 0) is 30.3 Å². The molecule has 0 aliphatic carbocycles. The highest BCUT2D eigenvalue weighted by Gasteiger charge is 2.16. The molecule has 0 spiro atoms. The van der Waals surface area contributed by atoms with Crippen LogP contribution < -0.4 is 24.3 Å². The van der Waals surface area contributed by atoms with Crippen LogP contribution in [-0.4, -0.2) is 43.7 Å². The van der Waals surface area contributed by atoms with Crippen LogP contribution in [-0.2, 0) is 11.2 Å². The molecular formula is C23H23N3O5S. The van der Waals surface area contributed by atoms with Crippen LogP contribution in [0.15, 0.2) is 48.0 Å². The second kappa shape index (κ2) is 9.19. The van der Waals surface area contributed by atoms with Crippen molar-refractivity contribution in [3.8, 4) is 34.3 Å². The Morgan fingerprint density at radius 2 is 1.72 bits per heavy atom. The molecule has 0 unspecified atom stereocenters. The summed E-state index contributed by atoms with van der Waals surface area (Å²) in [4.78, 5) is 18.2. The number of fused-ring (bicyclic) bond motifs is 1. The highest BCUT2D eigenvalue weighted by molar-refractivity contribution is 7.15. The van der Waals surface area contributed by atoms with Crippen molar-refractivity contribution in [2.24, 2.45) is 0 Å².